The van der Waals surface area contributed by atoms with E-state index in [9.17, 15) is 0 Å². The zero-order valence-electron chi connectivity index (χ0n) is 23.7. The Bertz CT molecular complexity index is 1710. The number of para-hydroxylation sites is 2. The van der Waals surface area contributed by atoms with Gasteiger partial charge < -0.3 is 4.90 Å². The van der Waals surface area contributed by atoms with Crippen LogP contribution < -0.4 is 4.90 Å². The molecule has 0 N–H and O–H groups in total. The summed E-state index contributed by atoms with van der Waals surface area (Å²) in [6.45, 7) is 4.42. The first kappa shape index (κ1) is 26.3. The molecule has 0 radical (unpaired) electrons. The lowest BCUT2D eigenvalue weighted by Gasteiger charge is -2.32. The monoisotopic (exact) mass is 529 g/mol. The molecule has 0 spiro atoms. The molecule has 0 aliphatic heterocycles. The van der Waals surface area contributed by atoms with E-state index in [1.54, 1.807) is 0 Å². The molecule has 6 rings (SSSR count). The Labute approximate surface area is 244 Å². The Balaban J connectivity index is 1.41. The van der Waals surface area contributed by atoms with Gasteiger partial charge in [-0.2, -0.15) is 0 Å². The lowest BCUT2D eigenvalue weighted by molar-refractivity contribution is 0.945. The van der Waals surface area contributed by atoms with Crippen molar-refractivity contribution >= 4 is 16.9 Å². The summed E-state index contributed by atoms with van der Waals surface area (Å²) in [5, 5.41) is 0. The van der Waals surface area contributed by atoms with Crippen LogP contribution in [0.5, 0.6) is 0 Å². The Kier molecular flexibility index (Phi) is 7.78. The van der Waals surface area contributed by atoms with E-state index in [0.29, 0.717) is 0 Å². The van der Waals surface area contributed by atoms with Crippen molar-refractivity contribution in [2.75, 3.05) is 4.90 Å². The minimum atomic E-state index is 0.0467. The van der Waals surface area contributed by atoms with Gasteiger partial charge in [-0.25, -0.2) is 0 Å². The molecule has 1 atom stereocenters. The van der Waals surface area contributed by atoms with Gasteiger partial charge in [0, 0.05) is 16.9 Å². The Morgan fingerprint density at radius 2 is 1.10 bits per heavy atom. The van der Waals surface area contributed by atoms with Crippen molar-refractivity contribution in [2.24, 2.45) is 0 Å². The van der Waals surface area contributed by atoms with Crippen LogP contribution in [0.2, 0.25) is 0 Å². The molecule has 1 heteroatoms. The van der Waals surface area contributed by atoms with Crippen LogP contribution in [0.4, 0.5) is 11.4 Å². The molecule has 1 aliphatic carbocycles. The molecule has 0 amide bonds. The van der Waals surface area contributed by atoms with Crippen molar-refractivity contribution < 1.29 is 0 Å². The predicted octanol–water partition coefficient (Wildman–Crippen LogP) is 10.7. The highest BCUT2D eigenvalue weighted by Crippen LogP contribution is 2.39. The van der Waals surface area contributed by atoms with Crippen LogP contribution in [0, 0.1) is 0 Å². The molecule has 5 aromatic carbocycles. The van der Waals surface area contributed by atoms with E-state index < -0.39 is 0 Å². The fraction of sp³-hybridized carbons (Fsp3) is 0.100. The standard InChI is InChI=1S/C40H35N/c1-3-31-14-10-11-19-38(31)33-23-25-34(26-24-33)39-20-12-13-21-40(39)41(35-17-8-5-9-18-35)36-27-22-30(2)37(29-28-36)32-15-6-4-7-16-32/h4-29,36H,3H2,1-2H3. The van der Waals surface area contributed by atoms with E-state index in [2.05, 4.69) is 177 Å². The highest BCUT2D eigenvalue weighted by atomic mass is 15.2. The minimum absolute atomic E-state index is 0.0467. The molecule has 0 fully saturated rings. The van der Waals surface area contributed by atoms with Crippen molar-refractivity contribution in [1.82, 2.24) is 0 Å². The summed E-state index contributed by atoms with van der Waals surface area (Å²) in [6, 6.07) is 47.9. The predicted molar refractivity (Wildman–Crippen MR) is 176 cm³/mol. The second-order valence-electron chi connectivity index (χ2n) is 10.5. The van der Waals surface area contributed by atoms with E-state index in [1.165, 1.54) is 50.2 Å². The smallest absolute Gasteiger partial charge is 0.0712 e. The van der Waals surface area contributed by atoms with E-state index in [-0.39, 0.29) is 6.04 Å². The molecule has 5 aromatic rings. The van der Waals surface area contributed by atoms with Crippen LogP contribution in [-0.2, 0) is 6.42 Å². The number of hydrogen-bond acceptors (Lipinski definition) is 1. The number of anilines is 2. The van der Waals surface area contributed by atoms with Crippen molar-refractivity contribution in [3.63, 3.8) is 0 Å². The quantitative estimate of drug-likeness (QED) is 0.203. The van der Waals surface area contributed by atoms with Gasteiger partial charge in [0.25, 0.3) is 0 Å². The number of benzene rings is 5. The lowest BCUT2D eigenvalue weighted by atomic mass is 9.95. The summed E-state index contributed by atoms with van der Waals surface area (Å²) < 4.78 is 0. The van der Waals surface area contributed by atoms with Crippen molar-refractivity contribution in [1.29, 1.82) is 0 Å². The Hall–Kier alpha value is -4.88. The van der Waals surface area contributed by atoms with E-state index >= 15 is 0 Å². The van der Waals surface area contributed by atoms with E-state index in [4.69, 9.17) is 0 Å². The van der Waals surface area contributed by atoms with E-state index in [1.807, 2.05) is 0 Å². The number of nitrogens with zero attached hydrogens (tertiary/aromatic N) is 1. The fourth-order valence-electron chi connectivity index (χ4n) is 5.76. The molecule has 1 aliphatic rings. The molecule has 0 aromatic heterocycles. The SMILES string of the molecule is CCc1ccccc1-c1ccc(-c2ccccc2N(c2ccccc2)C2C=CC(C)=C(c3ccccc3)C=C2)cc1. The largest absolute Gasteiger partial charge is 0.330 e. The summed E-state index contributed by atoms with van der Waals surface area (Å²) in [7, 11) is 0. The normalized spacial score (nSPS) is 14.6. The minimum Gasteiger partial charge on any atom is -0.330 e. The summed E-state index contributed by atoms with van der Waals surface area (Å²) in [4.78, 5) is 2.45. The van der Waals surface area contributed by atoms with Crippen LogP contribution in [0.1, 0.15) is 25.0 Å². The third kappa shape index (κ3) is 5.58. The highest BCUT2D eigenvalue weighted by molar-refractivity contribution is 5.85. The molecule has 0 heterocycles. The maximum atomic E-state index is 2.45. The maximum Gasteiger partial charge on any atom is 0.0712 e. The number of allylic oxidation sites excluding steroid dienone is 4. The van der Waals surface area contributed by atoms with Gasteiger partial charge in [0.1, 0.15) is 0 Å². The zero-order chi connectivity index (χ0) is 28.0. The molecule has 1 nitrogen and oxygen atoms in total. The topological polar surface area (TPSA) is 3.24 Å². The van der Waals surface area contributed by atoms with Gasteiger partial charge in [0.2, 0.25) is 0 Å². The van der Waals surface area contributed by atoms with Gasteiger partial charge in [0.15, 0.2) is 0 Å². The summed E-state index contributed by atoms with van der Waals surface area (Å²) >= 11 is 0. The summed E-state index contributed by atoms with van der Waals surface area (Å²) in [5.74, 6) is 0. The van der Waals surface area contributed by atoms with Gasteiger partial charge in [0.05, 0.1) is 6.04 Å². The second kappa shape index (κ2) is 12.1. The number of rotatable bonds is 7. The molecule has 200 valence electrons. The highest BCUT2D eigenvalue weighted by Gasteiger charge is 2.21. The van der Waals surface area contributed by atoms with E-state index in [0.717, 1.165) is 12.1 Å². The Morgan fingerprint density at radius 3 is 1.80 bits per heavy atom. The summed E-state index contributed by atoms with van der Waals surface area (Å²) in [5.41, 5.74) is 12.5. The first-order valence-electron chi connectivity index (χ1n) is 14.5. The van der Waals surface area contributed by atoms with Gasteiger partial charge >= 0.3 is 0 Å². The van der Waals surface area contributed by atoms with Crippen LogP contribution in [0.25, 0.3) is 27.8 Å². The van der Waals surface area contributed by atoms with Crippen molar-refractivity contribution in [3.05, 3.63) is 174 Å². The molecule has 0 bridgehead atoms. The third-order valence-electron chi connectivity index (χ3n) is 7.91. The van der Waals surface area contributed by atoms with Crippen molar-refractivity contribution in [3.8, 4) is 22.3 Å². The van der Waals surface area contributed by atoms with Gasteiger partial charge in [-0.1, -0.05) is 146 Å². The average molecular weight is 530 g/mol. The zero-order valence-corrected chi connectivity index (χ0v) is 23.7. The molecular formula is C40H35N. The third-order valence-corrected chi connectivity index (χ3v) is 7.91. The number of hydrogen-bond donors (Lipinski definition) is 0. The Morgan fingerprint density at radius 1 is 0.537 bits per heavy atom. The van der Waals surface area contributed by atoms with Crippen LogP contribution in [0.3, 0.4) is 0 Å². The van der Waals surface area contributed by atoms with Crippen LogP contribution in [-0.4, -0.2) is 6.04 Å². The molecule has 0 saturated heterocycles. The number of aryl methyl sites for hydroxylation is 1. The first-order chi connectivity index (χ1) is 20.2. The van der Waals surface area contributed by atoms with Crippen LogP contribution >= 0.6 is 0 Å². The molecular weight excluding hydrogens is 494 g/mol. The fourth-order valence-corrected chi connectivity index (χ4v) is 5.76. The first-order valence-corrected chi connectivity index (χ1v) is 14.5. The van der Waals surface area contributed by atoms with Crippen molar-refractivity contribution in [2.45, 2.75) is 26.3 Å². The van der Waals surface area contributed by atoms with Gasteiger partial charge in [-0.15, -0.1) is 0 Å². The maximum absolute atomic E-state index is 2.45. The van der Waals surface area contributed by atoms with Gasteiger partial charge in [-0.3, -0.25) is 0 Å². The van der Waals surface area contributed by atoms with Gasteiger partial charge in [-0.05, 0) is 70.5 Å². The average Bonchev–Trinajstić information content (AvgIpc) is 3.24. The molecule has 1 unspecified atom stereocenters. The molecule has 0 saturated carbocycles. The van der Waals surface area contributed by atoms with Crippen LogP contribution in [0.15, 0.2) is 163 Å². The summed E-state index contributed by atoms with van der Waals surface area (Å²) in [6.07, 6.45) is 10.2. The lowest BCUT2D eigenvalue weighted by Crippen LogP contribution is -2.28. The molecule has 41 heavy (non-hydrogen) atoms. The second-order valence-corrected chi connectivity index (χ2v) is 10.5.